The van der Waals surface area contributed by atoms with E-state index in [1.165, 1.54) is 11.3 Å². The van der Waals surface area contributed by atoms with Gasteiger partial charge in [-0.3, -0.25) is 4.79 Å². The van der Waals surface area contributed by atoms with Crippen LogP contribution in [0.2, 0.25) is 0 Å². The van der Waals surface area contributed by atoms with E-state index in [-0.39, 0.29) is 5.91 Å². The summed E-state index contributed by atoms with van der Waals surface area (Å²) in [6.07, 6.45) is 1.55. The fourth-order valence-electron chi connectivity index (χ4n) is 2.97. The third-order valence-corrected chi connectivity index (χ3v) is 5.69. The highest BCUT2D eigenvalue weighted by molar-refractivity contribution is 9.10. The summed E-state index contributed by atoms with van der Waals surface area (Å²) in [6.45, 7) is 1.88. The predicted octanol–water partition coefficient (Wildman–Crippen LogP) is 4.19. The van der Waals surface area contributed by atoms with Crippen molar-refractivity contribution in [3.63, 3.8) is 0 Å². The Kier molecular flexibility index (Phi) is 5.20. The normalized spacial score (nSPS) is 10.9. The number of carbonyl (C=O) groups excluding carboxylic acids is 1. The number of amides is 1. The number of hydrogen-bond donors (Lipinski definition) is 1. The number of fused-ring (bicyclic) bond motifs is 1. The van der Waals surface area contributed by atoms with Gasteiger partial charge in [0.15, 0.2) is 0 Å². The Morgan fingerprint density at radius 3 is 2.76 bits per heavy atom. The standard InChI is InChI=1S/C19H16BrN5O3S/c1-10-6-12(20)8-13(16(10)28-3)17(26)22-14-7-11(4-5-15(14)27-2)18-24-25-9-21-23-19(25)29-18/h4-9H,1-3H3,(H,22,26). The number of benzene rings is 2. The molecule has 1 N–H and O–H groups in total. The number of hydrogen-bond acceptors (Lipinski definition) is 7. The lowest BCUT2D eigenvalue weighted by atomic mass is 10.1. The minimum Gasteiger partial charge on any atom is -0.496 e. The number of rotatable bonds is 5. The first-order valence-electron chi connectivity index (χ1n) is 8.51. The van der Waals surface area contributed by atoms with Crippen molar-refractivity contribution in [1.82, 2.24) is 19.8 Å². The molecular weight excluding hydrogens is 458 g/mol. The molecule has 0 atom stereocenters. The van der Waals surface area contributed by atoms with Crippen LogP contribution in [0.1, 0.15) is 15.9 Å². The van der Waals surface area contributed by atoms with E-state index in [4.69, 9.17) is 9.47 Å². The third-order valence-electron chi connectivity index (χ3n) is 4.27. The number of methoxy groups -OCH3 is 2. The molecule has 0 unspecified atom stereocenters. The molecule has 8 nitrogen and oxygen atoms in total. The van der Waals surface area contributed by atoms with Crippen molar-refractivity contribution in [2.75, 3.05) is 19.5 Å². The summed E-state index contributed by atoms with van der Waals surface area (Å²) in [5.41, 5.74) is 2.63. The second-order valence-corrected chi connectivity index (χ2v) is 8.01. The fraction of sp³-hybridized carbons (Fsp3) is 0.158. The first kappa shape index (κ1) is 19.3. The van der Waals surface area contributed by atoms with E-state index in [1.807, 2.05) is 25.1 Å². The van der Waals surface area contributed by atoms with E-state index in [0.29, 0.717) is 27.7 Å². The van der Waals surface area contributed by atoms with Crippen molar-refractivity contribution in [3.05, 3.63) is 52.3 Å². The molecule has 0 radical (unpaired) electrons. The highest BCUT2D eigenvalue weighted by atomic mass is 79.9. The quantitative estimate of drug-likeness (QED) is 0.467. The summed E-state index contributed by atoms with van der Waals surface area (Å²) < 4.78 is 13.3. The number of nitrogens with zero attached hydrogens (tertiary/aromatic N) is 4. The minimum absolute atomic E-state index is 0.306. The number of aromatic nitrogens is 4. The molecular formula is C19H16BrN5O3S. The lowest BCUT2D eigenvalue weighted by Crippen LogP contribution is -2.14. The van der Waals surface area contributed by atoms with Gasteiger partial charge in [0.1, 0.15) is 22.8 Å². The van der Waals surface area contributed by atoms with Crippen LogP contribution in [-0.4, -0.2) is 39.9 Å². The monoisotopic (exact) mass is 473 g/mol. The molecule has 1 amide bonds. The number of carbonyl (C=O) groups is 1. The van der Waals surface area contributed by atoms with Crippen molar-refractivity contribution in [2.24, 2.45) is 0 Å². The first-order valence-corrected chi connectivity index (χ1v) is 10.1. The van der Waals surface area contributed by atoms with Gasteiger partial charge in [-0.05, 0) is 42.8 Å². The van der Waals surface area contributed by atoms with Crippen LogP contribution in [0.15, 0.2) is 41.1 Å². The van der Waals surface area contributed by atoms with Crippen LogP contribution >= 0.6 is 27.3 Å². The molecule has 0 aliphatic carbocycles. The lowest BCUT2D eigenvalue weighted by Gasteiger charge is -2.14. The SMILES string of the molecule is COc1ccc(-c2nn3cnnc3s2)cc1NC(=O)c1cc(Br)cc(C)c1OC. The average molecular weight is 474 g/mol. The van der Waals surface area contributed by atoms with Crippen LogP contribution < -0.4 is 14.8 Å². The zero-order valence-electron chi connectivity index (χ0n) is 15.8. The van der Waals surface area contributed by atoms with Crippen LogP contribution in [0, 0.1) is 6.92 Å². The molecule has 29 heavy (non-hydrogen) atoms. The van der Waals surface area contributed by atoms with Gasteiger partial charge in [-0.25, -0.2) is 0 Å². The van der Waals surface area contributed by atoms with Crippen LogP contribution in [0.5, 0.6) is 11.5 Å². The molecule has 0 saturated carbocycles. The first-order chi connectivity index (χ1) is 14.0. The molecule has 0 aliphatic heterocycles. The van der Waals surface area contributed by atoms with Crippen LogP contribution in [0.25, 0.3) is 15.5 Å². The Labute approximate surface area is 178 Å². The van der Waals surface area contributed by atoms with Gasteiger partial charge in [-0.2, -0.15) is 9.61 Å². The molecule has 0 bridgehead atoms. The predicted molar refractivity (Wildman–Crippen MR) is 114 cm³/mol. The topological polar surface area (TPSA) is 90.6 Å². The van der Waals surface area contributed by atoms with Crippen molar-refractivity contribution >= 4 is 43.8 Å². The minimum atomic E-state index is -0.306. The zero-order chi connectivity index (χ0) is 20.5. The molecule has 0 fully saturated rings. The summed E-state index contributed by atoms with van der Waals surface area (Å²) in [4.78, 5) is 13.7. The second kappa shape index (κ2) is 7.80. The van der Waals surface area contributed by atoms with Crippen LogP contribution in [0.3, 0.4) is 0 Å². The molecule has 2 aromatic heterocycles. The fourth-order valence-corrected chi connectivity index (χ4v) is 4.36. The highest BCUT2D eigenvalue weighted by Gasteiger charge is 2.18. The molecule has 0 saturated heterocycles. The molecule has 0 spiro atoms. The van der Waals surface area contributed by atoms with E-state index in [1.54, 1.807) is 37.2 Å². The Morgan fingerprint density at radius 2 is 2.03 bits per heavy atom. The van der Waals surface area contributed by atoms with E-state index in [9.17, 15) is 4.79 Å². The average Bonchev–Trinajstić information content (AvgIpc) is 3.29. The van der Waals surface area contributed by atoms with Gasteiger partial charge in [-0.1, -0.05) is 27.3 Å². The summed E-state index contributed by atoms with van der Waals surface area (Å²) in [7, 11) is 3.10. The maximum absolute atomic E-state index is 13.0. The van der Waals surface area contributed by atoms with Gasteiger partial charge in [0.05, 0.1) is 25.5 Å². The van der Waals surface area contributed by atoms with Gasteiger partial charge >= 0.3 is 0 Å². The highest BCUT2D eigenvalue weighted by Crippen LogP contribution is 2.34. The largest absolute Gasteiger partial charge is 0.496 e. The maximum Gasteiger partial charge on any atom is 0.259 e. The van der Waals surface area contributed by atoms with Crippen molar-refractivity contribution in [3.8, 4) is 22.1 Å². The molecule has 4 aromatic rings. The number of anilines is 1. The Balaban J connectivity index is 1.71. The van der Waals surface area contributed by atoms with Gasteiger partial charge in [0.2, 0.25) is 4.96 Å². The van der Waals surface area contributed by atoms with Gasteiger partial charge < -0.3 is 14.8 Å². The molecule has 2 aromatic carbocycles. The third kappa shape index (κ3) is 3.68. The number of aryl methyl sites for hydroxylation is 1. The molecule has 2 heterocycles. The Morgan fingerprint density at radius 1 is 1.21 bits per heavy atom. The van der Waals surface area contributed by atoms with Crippen molar-refractivity contribution < 1.29 is 14.3 Å². The molecule has 148 valence electrons. The van der Waals surface area contributed by atoms with Crippen LogP contribution in [0.4, 0.5) is 5.69 Å². The summed E-state index contributed by atoms with van der Waals surface area (Å²) >= 11 is 4.84. The Hall–Kier alpha value is -2.98. The second-order valence-electron chi connectivity index (χ2n) is 6.14. The van der Waals surface area contributed by atoms with Crippen molar-refractivity contribution in [2.45, 2.75) is 6.92 Å². The number of ether oxygens (including phenoxy) is 2. The molecule has 0 aliphatic rings. The van der Waals surface area contributed by atoms with E-state index < -0.39 is 0 Å². The molecule has 10 heteroatoms. The molecule has 4 rings (SSSR count). The van der Waals surface area contributed by atoms with Crippen molar-refractivity contribution in [1.29, 1.82) is 0 Å². The number of halogens is 1. The number of nitrogens with one attached hydrogen (secondary N) is 1. The van der Waals surface area contributed by atoms with Crippen LogP contribution in [-0.2, 0) is 0 Å². The lowest BCUT2D eigenvalue weighted by molar-refractivity contribution is 0.102. The van der Waals surface area contributed by atoms with E-state index >= 15 is 0 Å². The van der Waals surface area contributed by atoms with E-state index in [0.717, 1.165) is 20.6 Å². The smallest absolute Gasteiger partial charge is 0.259 e. The van der Waals surface area contributed by atoms with E-state index in [2.05, 4.69) is 36.5 Å². The van der Waals surface area contributed by atoms with Gasteiger partial charge in [0.25, 0.3) is 5.91 Å². The summed E-state index contributed by atoms with van der Waals surface area (Å²) in [5, 5.41) is 15.9. The maximum atomic E-state index is 13.0. The Bertz CT molecular complexity index is 1190. The summed E-state index contributed by atoms with van der Waals surface area (Å²) in [5.74, 6) is 0.755. The van der Waals surface area contributed by atoms with Gasteiger partial charge in [0, 0.05) is 10.0 Å². The summed E-state index contributed by atoms with van der Waals surface area (Å²) in [6, 6.07) is 9.10. The van der Waals surface area contributed by atoms with Gasteiger partial charge in [-0.15, -0.1) is 10.2 Å². The zero-order valence-corrected chi connectivity index (χ0v) is 18.2.